The minimum Gasteiger partial charge on any atom is -0.396 e. The van der Waals surface area contributed by atoms with E-state index in [1.807, 2.05) is 6.92 Å². The molecule has 0 amide bonds. The highest BCUT2D eigenvalue weighted by atomic mass is 19.4. The molecule has 0 aliphatic rings. The molecular formula is C14H20F3NO. The van der Waals surface area contributed by atoms with Crippen LogP contribution in [-0.2, 0) is 0 Å². The van der Waals surface area contributed by atoms with Gasteiger partial charge in [-0.15, -0.1) is 0 Å². The fourth-order valence-corrected chi connectivity index (χ4v) is 1.99. The molecule has 1 rings (SSSR count). The quantitative estimate of drug-likeness (QED) is 0.800. The van der Waals surface area contributed by atoms with Crippen LogP contribution in [0.15, 0.2) is 30.3 Å². The molecule has 0 heterocycles. The van der Waals surface area contributed by atoms with Gasteiger partial charge in [-0.05, 0) is 24.4 Å². The molecule has 1 aromatic rings. The Kier molecular flexibility index (Phi) is 6.31. The second kappa shape index (κ2) is 7.50. The number of hydrogen-bond acceptors (Lipinski definition) is 2. The molecule has 0 aliphatic carbocycles. The Hall–Kier alpha value is -1.07. The second-order valence-electron chi connectivity index (χ2n) is 4.58. The molecule has 0 saturated carbocycles. The van der Waals surface area contributed by atoms with Crippen LogP contribution in [0.2, 0.25) is 0 Å². The zero-order valence-electron chi connectivity index (χ0n) is 11.0. The normalized spacial score (nSPS) is 15.2. The number of benzene rings is 1. The maximum atomic E-state index is 13.0. The van der Waals surface area contributed by atoms with Crippen molar-refractivity contribution in [1.82, 2.24) is 5.32 Å². The highest BCUT2D eigenvalue weighted by Crippen LogP contribution is 2.32. The molecule has 0 aromatic heterocycles. The Balaban J connectivity index is 2.72. The third-order valence-electron chi connectivity index (χ3n) is 3.19. The van der Waals surface area contributed by atoms with E-state index in [1.165, 1.54) is 12.1 Å². The van der Waals surface area contributed by atoms with E-state index in [4.69, 9.17) is 5.11 Å². The number of hydrogen-bond donors (Lipinski definition) is 2. The molecule has 0 radical (unpaired) electrons. The van der Waals surface area contributed by atoms with E-state index in [9.17, 15) is 13.2 Å². The van der Waals surface area contributed by atoms with Crippen LogP contribution in [0.5, 0.6) is 0 Å². The van der Waals surface area contributed by atoms with Gasteiger partial charge >= 0.3 is 6.18 Å². The van der Waals surface area contributed by atoms with Crippen LogP contribution in [0.25, 0.3) is 0 Å². The van der Waals surface area contributed by atoms with E-state index >= 15 is 0 Å². The van der Waals surface area contributed by atoms with Crippen LogP contribution in [0.3, 0.4) is 0 Å². The van der Waals surface area contributed by atoms with Gasteiger partial charge in [0.05, 0.1) is 0 Å². The predicted molar refractivity (Wildman–Crippen MR) is 68.7 cm³/mol. The molecule has 0 aliphatic heterocycles. The van der Waals surface area contributed by atoms with Crippen molar-refractivity contribution in [2.75, 3.05) is 13.2 Å². The minimum atomic E-state index is -4.32. The summed E-state index contributed by atoms with van der Waals surface area (Å²) in [5.41, 5.74) is 0.217. The number of nitrogens with one attached hydrogen (secondary N) is 1. The van der Waals surface area contributed by atoms with Crippen LogP contribution in [0.1, 0.15) is 31.4 Å². The van der Waals surface area contributed by atoms with Gasteiger partial charge < -0.3 is 10.4 Å². The van der Waals surface area contributed by atoms with Crippen molar-refractivity contribution in [3.8, 4) is 0 Å². The van der Waals surface area contributed by atoms with E-state index in [-0.39, 0.29) is 24.6 Å². The summed E-state index contributed by atoms with van der Waals surface area (Å²) in [6, 6.07) is 6.18. The van der Waals surface area contributed by atoms with Gasteiger partial charge in [0.15, 0.2) is 0 Å². The van der Waals surface area contributed by atoms with Crippen molar-refractivity contribution in [2.24, 2.45) is 5.92 Å². The lowest BCUT2D eigenvalue weighted by atomic mass is 10.0. The smallest absolute Gasteiger partial charge is 0.396 e. The molecule has 2 N–H and O–H groups in total. The van der Waals surface area contributed by atoms with E-state index in [0.717, 1.165) is 6.42 Å². The first kappa shape index (κ1) is 16.0. The SMILES string of the molecule is CCC(CCO)CNC(c1ccccc1)C(F)(F)F. The molecule has 19 heavy (non-hydrogen) atoms. The van der Waals surface area contributed by atoms with Crippen molar-refractivity contribution in [2.45, 2.75) is 32.0 Å². The minimum absolute atomic E-state index is 0.00219. The summed E-state index contributed by atoms with van der Waals surface area (Å²) in [4.78, 5) is 0. The van der Waals surface area contributed by atoms with Crippen LogP contribution >= 0.6 is 0 Å². The third kappa shape index (κ3) is 5.20. The number of halogens is 3. The van der Waals surface area contributed by atoms with Gasteiger partial charge in [-0.2, -0.15) is 13.2 Å². The molecule has 108 valence electrons. The second-order valence-corrected chi connectivity index (χ2v) is 4.58. The Morgan fingerprint density at radius 3 is 2.32 bits per heavy atom. The molecule has 2 unspecified atom stereocenters. The fourth-order valence-electron chi connectivity index (χ4n) is 1.99. The number of aliphatic hydroxyl groups excluding tert-OH is 1. The Morgan fingerprint density at radius 2 is 1.84 bits per heavy atom. The topological polar surface area (TPSA) is 32.3 Å². The van der Waals surface area contributed by atoms with Crippen molar-refractivity contribution in [3.63, 3.8) is 0 Å². The van der Waals surface area contributed by atoms with Crippen LogP contribution in [-0.4, -0.2) is 24.4 Å². The molecule has 0 fully saturated rings. The van der Waals surface area contributed by atoms with Crippen LogP contribution in [0.4, 0.5) is 13.2 Å². The fraction of sp³-hybridized carbons (Fsp3) is 0.571. The molecule has 0 saturated heterocycles. The largest absolute Gasteiger partial charge is 0.407 e. The first-order chi connectivity index (χ1) is 8.99. The molecule has 2 atom stereocenters. The average molecular weight is 275 g/mol. The van der Waals surface area contributed by atoms with Crippen LogP contribution in [0, 0.1) is 5.92 Å². The van der Waals surface area contributed by atoms with Crippen molar-refractivity contribution >= 4 is 0 Å². The standard InChI is InChI=1S/C14H20F3NO/c1-2-11(8-9-19)10-18-13(14(15,16)17)12-6-4-3-5-7-12/h3-7,11,13,18-19H,2,8-10H2,1H3. The number of rotatable bonds is 7. The van der Waals surface area contributed by atoms with E-state index < -0.39 is 12.2 Å². The van der Waals surface area contributed by atoms with Crippen molar-refractivity contribution in [1.29, 1.82) is 0 Å². The summed E-state index contributed by atoms with van der Waals surface area (Å²) in [7, 11) is 0. The molecule has 0 spiro atoms. The van der Waals surface area contributed by atoms with Gasteiger partial charge in [0, 0.05) is 6.61 Å². The molecule has 1 aromatic carbocycles. The highest BCUT2D eigenvalue weighted by Gasteiger charge is 2.40. The maximum absolute atomic E-state index is 13.0. The Bertz CT molecular complexity index is 353. The van der Waals surface area contributed by atoms with Crippen molar-refractivity contribution < 1.29 is 18.3 Å². The summed E-state index contributed by atoms with van der Waals surface area (Å²) in [5.74, 6) is 0.0542. The first-order valence-corrected chi connectivity index (χ1v) is 6.45. The van der Waals surface area contributed by atoms with Gasteiger partial charge in [-0.25, -0.2) is 0 Å². The monoisotopic (exact) mass is 275 g/mol. The van der Waals surface area contributed by atoms with Gasteiger partial charge in [-0.1, -0.05) is 43.7 Å². The van der Waals surface area contributed by atoms with Gasteiger partial charge in [0.2, 0.25) is 0 Å². The Labute approximate surface area is 111 Å². The zero-order chi connectivity index (χ0) is 14.3. The van der Waals surface area contributed by atoms with E-state index in [2.05, 4.69) is 5.32 Å². The zero-order valence-corrected chi connectivity index (χ0v) is 11.0. The first-order valence-electron chi connectivity index (χ1n) is 6.45. The number of alkyl halides is 3. The van der Waals surface area contributed by atoms with E-state index in [1.54, 1.807) is 18.2 Å². The highest BCUT2D eigenvalue weighted by molar-refractivity contribution is 5.20. The lowest BCUT2D eigenvalue weighted by Gasteiger charge is -2.24. The Morgan fingerprint density at radius 1 is 1.21 bits per heavy atom. The molecule has 5 heteroatoms. The number of aliphatic hydroxyl groups is 1. The summed E-state index contributed by atoms with van der Waals surface area (Å²) in [6.45, 7) is 2.16. The summed E-state index contributed by atoms with van der Waals surface area (Å²) >= 11 is 0. The summed E-state index contributed by atoms with van der Waals surface area (Å²) in [5, 5.41) is 11.4. The van der Waals surface area contributed by atoms with Gasteiger partial charge in [0.25, 0.3) is 0 Å². The summed E-state index contributed by atoms with van der Waals surface area (Å²) in [6.07, 6.45) is -3.06. The van der Waals surface area contributed by atoms with Crippen molar-refractivity contribution in [3.05, 3.63) is 35.9 Å². The van der Waals surface area contributed by atoms with Gasteiger partial charge in [0.1, 0.15) is 6.04 Å². The third-order valence-corrected chi connectivity index (χ3v) is 3.19. The molecule has 2 nitrogen and oxygen atoms in total. The van der Waals surface area contributed by atoms with Gasteiger partial charge in [-0.3, -0.25) is 0 Å². The predicted octanol–water partition coefficient (Wildman–Crippen LogP) is 3.29. The van der Waals surface area contributed by atoms with Crippen LogP contribution < -0.4 is 5.32 Å². The maximum Gasteiger partial charge on any atom is 0.407 e. The summed E-state index contributed by atoms with van der Waals surface area (Å²) < 4.78 is 39.1. The lowest BCUT2D eigenvalue weighted by Crippen LogP contribution is -2.37. The van der Waals surface area contributed by atoms with E-state index in [0.29, 0.717) is 6.42 Å². The lowest BCUT2D eigenvalue weighted by molar-refractivity contribution is -0.158. The average Bonchev–Trinajstić information content (AvgIpc) is 2.37. The molecular weight excluding hydrogens is 255 g/mol. The molecule has 0 bridgehead atoms.